The van der Waals surface area contributed by atoms with Crippen molar-refractivity contribution in [3.05, 3.63) is 24.3 Å². The highest BCUT2D eigenvalue weighted by molar-refractivity contribution is 6.15. The summed E-state index contributed by atoms with van der Waals surface area (Å²) in [4.78, 5) is 66.0. The van der Waals surface area contributed by atoms with Gasteiger partial charge < -0.3 is 10.1 Å². The molecule has 1 aromatic rings. The molecular weight excluding hydrogens is 426 g/mol. The summed E-state index contributed by atoms with van der Waals surface area (Å²) in [7, 11) is 0. The number of anilines is 2. The van der Waals surface area contributed by atoms with Gasteiger partial charge in [-0.25, -0.2) is 0 Å². The van der Waals surface area contributed by atoms with E-state index in [9.17, 15) is 24.0 Å². The molecule has 0 radical (unpaired) electrons. The Morgan fingerprint density at radius 2 is 1.70 bits per heavy atom. The number of imide groups is 1. The molecule has 33 heavy (non-hydrogen) atoms. The quantitative estimate of drug-likeness (QED) is 0.538. The van der Waals surface area contributed by atoms with Crippen molar-refractivity contribution in [2.45, 2.75) is 64.5 Å². The predicted molar refractivity (Wildman–Crippen MR) is 119 cm³/mol. The standard InChI is InChI=1S/C24H29N3O6/c1-14(20(29)27-18-11-7-6-10-17(18)25-23(32)24(27,2)3)33-19(28)12-13-26-21(30)15-8-4-5-9-16(15)22(26)31/h6-7,10-11,14-16H,4-5,8-9,12-13H2,1-3H3,(H,25,32)/t14-,15+,16+/m0/s1. The van der Waals surface area contributed by atoms with Crippen LogP contribution >= 0.6 is 0 Å². The molecule has 3 aliphatic rings. The molecule has 0 aromatic heterocycles. The molecule has 2 aliphatic heterocycles. The lowest BCUT2D eigenvalue weighted by atomic mass is 9.81. The fourth-order valence-electron chi connectivity index (χ4n) is 4.99. The van der Waals surface area contributed by atoms with E-state index in [0.29, 0.717) is 24.2 Å². The summed E-state index contributed by atoms with van der Waals surface area (Å²) >= 11 is 0. The van der Waals surface area contributed by atoms with Gasteiger partial charge in [-0.3, -0.25) is 33.8 Å². The Bertz CT molecular complexity index is 995. The van der Waals surface area contributed by atoms with E-state index in [4.69, 9.17) is 4.74 Å². The number of hydrogen-bond acceptors (Lipinski definition) is 6. The number of para-hydroxylation sites is 2. The Labute approximate surface area is 192 Å². The first-order valence-corrected chi connectivity index (χ1v) is 11.4. The van der Waals surface area contributed by atoms with Crippen molar-refractivity contribution in [1.29, 1.82) is 0 Å². The summed E-state index contributed by atoms with van der Waals surface area (Å²) in [6.07, 6.45) is 1.95. The van der Waals surface area contributed by atoms with Gasteiger partial charge in [0.2, 0.25) is 17.7 Å². The van der Waals surface area contributed by atoms with E-state index in [1.807, 2.05) is 0 Å². The zero-order chi connectivity index (χ0) is 23.9. The fraction of sp³-hybridized carbons (Fsp3) is 0.542. The first kappa shape index (κ1) is 22.9. The van der Waals surface area contributed by atoms with Crippen LogP contribution in [-0.2, 0) is 28.7 Å². The van der Waals surface area contributed by atoms with Gasteiger partial charge in [0.05, 0.1) is 29.6 Å². The zero-order valence-electron chi connectivity index (χ0n) is 19.1. The minimum absolute atomic E-state index is 0.0507. The Hall–Kier alpha value is -3.23. The topological polar surface area (TPSA) is 113 Å². The first-order valence-electron chi connectivity index (χ1n) is 11.4. The second-order valence-corrected chi connectivity index (χ2v) is 9.41. The Morgan fingerprint density at radius 1 is 1.09 bits per heavy atom. The Kier molecular flexibility index (Phi) is 5.99. The average molecular weight is 456 g/mol. The molecule has 4 rings (SSSR count). The number of rotatable bonds is 5. The van der Waals surface area contributed by atoms with E-state index >= 15 is 0 Å². The van der Waals surface area contributed by atoms with E-state index in [1.165, 1.54) is 16.7 Å². The SMILES string of the molecule is C[C@H](OC(=O)CCN1C(=O)[C@@H]2CCCC[C@H]2C1=O)C(=O)N1c2ccccc2NC(=O)C1(C)C. The Morgan fingerprint density at radius 3 is 2.33 bits per heavy atom. The maximum Gasteiger partial charge on any atom is 0.308 e. The number of carbonyl (C=O) groups is 5. The summed E-state index contributed by atoms with van der Waals surface area (Å²) in [5.41, 5.74) is -0.163. The van der Waals surface area contributed by atoms with E-state index in [-0.39, 0.29) is 42.5 Å². The molecular formula is C24H29N3O6. The van der Waals surface area contributed by atoms with Crippen LogP contribution in [0.1, 0.15) is 52.9 Å². The molecule has 9 nitrogen and oxygen atoms in total. The van der Waals surface area contributed by atoms with Gasteiger partial charge in [-0.1, -0.05) is 25.0 Å². The summed E-state index contributed by atoms with van der Waals surface area (Å²) < 4.78 is 5.35. The van der Waals surface area contributed by atoms with Crippen LogP contribution < -0.4 is 10.2 Å². The molecule has 0 bridgehead atoms. The van der Waals surface area contributed by atoms with Gasteiger partial charge in [0.15, 0.2) is 6.10 Å². The minimum atomic E-state index is -1.18. The van der Waals surface area contributed by atoms with Gasteiger partial charge in [-0.15, -0.1) is 0 Å². The molecule has 0 spiro atoms. The summed E-state index contributed by atoms with van der Waals surface area (Å²) in [6.45, 7) is 4.64. The second-order valence-electron chi connectivity index (χ2n) is 9.41. The predicted octanol–water partition coefficient (Wildman–Crippen LogP) is 2.25. The third-order valence-corrected chi connectivity index (χ3v) is 6.86. The van der Waals surface area contributed by atoms with E-state index in [0.717, 1.165) is 12.8 Å². The normalized spacial score (nSPS) is 24.6. The van der Waals surface area contributed by atoms with E-state index in [1.54, 1.807) is 38.1 Å². The van der Waals surface area contributed by atoms with E-state index < -0.39 is 23.5 Å². The third kappa shape index (κ3) is 4.00. The van der Waals surface area contributed by atoms with Crippen molar-refractivity contribution in [1.82, 2.24) is 4.90 Å². The zero-order valence-corrected chi connectivity index (χ0v) is 19.1. The van der Waals surface area contributed by atoms with Crippen molar-refractivity contribution in [2.75, 3.05) is 16.8 Å². The number of nitrogens with zero attached hydrogens (tertiary/aromatic N) is 2. The Balaban J connectivity index is 1.40. The number of likely N-dealkylation sites (tertiary alicyclic amines) is 1. The summed E-state index contributed by atoms with van der Waals surface area (Å²) in [6, 6.07) is 6.92. The van der Waals surface area contributed by atoms with Crippen LogP contribution in [0, 0.1) is 11.8 Å². The molecule has 1 aromatic carbocycles. The summed E-state index contributed by atoms with van der Waals surface area (Å²) in [5, 5.41) is 2.79. The highest BCUT2D eigenvalue weighted by Crippen LogP contribution is 2.39. The molecule has 1 saturated heterocycles. The molecule has 4 amide bonds. The molecule has 2 fully saturated rings. The number of benzene rings is 1. The molecule has 1 saturated carbocycles. The van der Waals surface area contributed by atoms with Gasteiger partial charge in [0.1, 0.15) is 5.54 Å². The number of fused-ring (bicyclic) bond motifs is 2. The van der Waals surface area contributed by atoms with E-state index in [2.05, 4.69) is 5.32 Å². The van der Waals surface area contributed by atoms with Gasteiger partial charge in [-0.2, -0.15) is 0 Å². The number of ether oxygens (including phenoxy) is 1. The summed E-state index contributed by atoms with van der Waals surface area (Å²) in [5.74, 6) is -2.52. The van der Waals surface area contributed by atoms with Crippen LogP contribution in [-0.4, -0.2) is 52.7 Å². The van der Waals surface area contributed by atoms with Crippen molar-refractivity contribution in [3.63, 3.8) is 0 Å². The molecule has 2 heterocycles. The second kappa shape index (κ2) is 8.61. The minimum Gasteiger partial charge on any atom is -0.452 e. The lowest BCUT2D eigenvalue weighted by molar-refractivity contribution is -0.155. The highest BCUT2D eigenvalue weighted by atomic mass is 16.5. The third-order valence-electron chi connectivity index (χ3n) is 6.86. The fourth-order valence-corrected chi connectivity index (χ4v) is 4.99. The van der Waals surface area contributed by atoms with Crippen molar-refractivity contribution in [2.24, 2.45) is 11.8 Å². The van der Waals surface area contributed by atoms with Crippen LogP contribution in [0.25, 0.3) is 0 Å². The molecule has 9 heteroatoms. The molecule has 3 atom stereocenters. The number of hydrogen-bond donors (Lipinski definition) is 1. The maximum atomic E-state index is 13.2. The number of carbonyl (C=O) groups excluding carboxylic acids is 5. The molecule has 176 valence electrons. The van der Waals surface area contributed by atoms with Crippen LogP contribution in [0.2, 0.25) is 0 Å². The first-order chi connectivity index (χ1) is 15.6. The van der Waals surface area contributed by atoms with Crippen LogP contribution in [0.4, 0.5) is 11.4 Å². The van der Waals surface area contributed by atoms with Crippen molar-refractivity contribution < 1.29 is 28.7 Å². The average Bonchev–Trinajstić information content (AvgIpc) is 3.02. The van der Waals surface area contributed by atoms with Crippen LogP contribution in [0.15, 0.2) is 24.3 Å². The molecule has 0 unspecified atom stereocenters. The number of amides is 4. The smallest absolute Gasteiger partial charge is 0.308 e. The van der Waals surface area contributed by atoms with Crippen molar-refractivity contribution >= 4 is 41.0 Å². The van der Waals surface area contributed by atoms with Crippen molar-refractivity contribution in [3.8, 4) is 0 Å². The lowest BCUT2D eigenvalue weighted by Crippen LogP contribution is -2.60. The largest absolute Gasteiger partial charge is 0.452 e. The van der Waals surface area contributed by atoms with Gasteiger partial charge in [0.25, 0.3) is 5.91 Å². The van der Waals surface area contributed by atoms with Gasteiger partial charge in [-0.05, 0) is 45.7 Å². The maximum absolute atomic E-state index is 13.2. The highest BCUT2D eigenvalue weighted by Gasteiger charge is 2.48. The molecule has 1 N–H and O–H groups in total. The number of nitrogens with one attached hydrogen (secondary N) is 1. The lowest BCUT2D eigenvalue weighted by Gasteiger charge is -2.42. The van der Waals surface area contributed by atoms with Crippen LogP contribution in [0.5, 0.6) is 0 Å². The van der Waals surface area contributed by atoms with Gasteiger partial charge in [0, 0.05) is 6.54 Å². The monoisotopic (exact) mass is 455 g/mol. The van der Waals surface area contributed by atoms with Crippen LogP contribution in [0.3, 0.4) is 0 Å². The molecule has 1 aliphatic carbocycles. The number of esters is 1. The van der Waals surface area contributed by atoms with Gasteiger partial charge >= 0.3 is 5.97 Å².